The van der Waals surface area contributed by atoms with Gasteiger partial charge in [0.2, 0.25) is 0 Å². The van der Waals surface area contributed by atoms with Crippen LogP contribution in [0, 0.1) is 5.92 Å². The molecular weight excluding hydrogens is 304 g/mol. The lowest BCUT2D eigenvalue weighted by Gasteiger charge is -2.37. The Morgan fingerprint density at radius 3 is 2.71 bits per heavy atom. The van der Waals surface area contributed by atoms with Crippen LogP contribution in [0.3, 0.4) is 0 Å². The van der Waals surface area contributed by atoms with Crippen molar-refractivity contribution in [3.05, 3.63) is 0 Å². The number of guanidine groups is 1. The van der Waals surface area contributed by atoms with E-state index in [0.29, 0.717) is 25.9 Å². The van der Waals surface area contributed by atoms with E-state index in [1.165, 1.54) is 13.0 Å². The van der Waals surface area contributed by atoms with Crippen molar-refractivity contribution in [2.45, 2.75) is 39.7 Å². The standard InChI is InChI=1S/C18H36N4O2/c1-4-19-18(20-7-13-23-15-17-6-5-12-24-17)22-10-8-21(9-11-22)14-16(2)3/h16-17H,4-15H2,1-3H3,(H,19,20). The van der Waals surface area contributed by atoms with E-state index in [0.717, 1.165) is 57.6 Å². The van der Waals surface area contributed by atoms with Crippen LogP contribution in [0.5, 0.6) is 0 Å². The van der Waals surface area contributed by atoms with Crippen LogP contribution in [0.15, 0.2) is 4.99 Å². The van der Waals surface area contributed by atoms with Crippen LogP contribution < -0.4 is 5.32 Å². The third-order valence-corrected chi connectivity index (χ3v) is 4.45. The lowest BCUT2D eigenvalue weighted by atomic mass is 10.2. The molecule has 0 spiro atoms. The molecule has 1 atom stereocenters. The molecule has 2 heterocycles. The third kappa shape index (κ3) is 6.95. The van der Waals surface area contributed by atoms with E-state index in [4.69, 9.17) is 14.5 Å². The SMILES string of the molecule is CCNC(=NCCOCC1CCCO1)N1CCN(CC(C)C)CC1. The second-order valence-electron chi connectivity index (χ2n) is 7.13. The molecule has 2 rings (SSSR count). The molecular formula is C18H36N4O2. The summed E-state index contributed by atoms with van der Waals surface area (Å²) in [7, 11) is 0. The van der Waals surface area contributed by atoms with E-state index < -0.39 is 0 Å². The van der Waals surface area contributed by atoms with Crippen LogP contribution in [0.4, 0.5) is 0 Å². The van der Waals surface area contributed by atoms with Gasteiger partial charge in [0.1, 0.15) is 0 Å². The van der Waals surface area contributed by atoms with Crippen LogP contribution in [0.2, 0.25) is 0 Å². The minimum Gasteiger partial charge on any atom is -0.377 e. The van der Waals surface area contributed by atoms with Crippen LogP contribution in [-0.2, 0) is 9.47 Å². The van der Waals surface area contributed by atoms with Gasteiger partial charge in [0.15, 0.2) is 5.96 Å². The molecule has 6 heteroatoms. The Bertz CT molecular complexity index is 362. The molecule has 140 valence electrons. The number of hydrogen-bond donors (Lipinski definition) is 1. The van der Waals surface area contributed by atoms with Gasteiger partial charge < -0.3 is 19.7 Å². The van der Waals surface area contributed by atoms with Crippen LogP contribution in [-0.4, -0.2) is 87.5 Å². The number of nitrogens with zero attached hydrogens (tertiary/aromatic N) is 3. The average molecular weight is 341 g/mol. The largest absolute Gasteiger partial charge is 0.377 e. The molecule has 2 aliphatic heterocycles. The topological polar surface area (TPSA) is 49.3 Å². The fourth-order valence-corrected chi connectivity index (χ4v) is 3.29. The van der Waals surface area contributed by atoms with Gasteiger partial charge in [-0.1, -0.05) is 13.8 Å². The highest BCUT2D eigenvalue weighted by Gasteiger charge is 2.20. The van der Waals surface area contributed by atoms with Crippen LogP contribution >= 0.6 is 0 Å². The summed E-state index contributed by atoms with van der Waals surface area (Å²) in [6, 6.07) is 0. The van der Waals surface area contributed by atoms with E-state index in [2.05, 4.69) is 35.9 Å². The predicted molar refractivity (Wildman–Crippen MR) is 98.6 cm³/mol. The Labute approximate surface area is 147 Å². The highest BCUT2D eigenvalue weighted by Crippen LogP contribution is 2.11. The van der Waals surface area contributed by atoms with E-state index in [1.54, 1.807) is 0 Å². The first kappa shape index (κ1) is 19.5. The molecule has 0 saturated carbocycles. The van der Waals surface area contributed by atoms with Gasteiger partial charge in [-0.15, -0.1) is 0 Å². The first-order valence-corrected chi connectivity index (χ1v) is 9.64. The second-order valence-corrected chi connectivity index (χ2v) is 7.13. The molecule has 0 aromatic heterocycles. The summed E-state index contributed by atoms with van der Waals surface area (Å²) < 4.78 is 11.3. The van der Waals surface area contributed by atoms with Gasteiger partial charge in [-0.3, -0.25) is 9.89 Å². The van der Waals surface area contributed by atoms with E-state index in [-0.39, 0.29) is 0 Å². The molecule has 1 N–H and O–H groups in total. The normalized spacial score (nSPS) is 23.2. The third-order valence-electron chi connectivity index (χ3n) is 4.45. The summed E-state index contributed by atoms with van der Waals surface area (Å²) in [5, 5.41) is 3.42. The zero-order chi connectivity index (χ0) is 17.2. The number of aliphatic imine (C=N–C) groups is 1. The highest BCUT2D eigenvalue weighted by molar-refractivity contribution is 5.80. The molecule has 2 saturated heterocycles. The number of nitrogens with one attached hydrogen (secondary N) is 1. The summed E-state index contributed by atoms with van der Waals surface area (Å²) in [6.07, 6.45) is 2.60. The molecule has 0 aliphatic carbocycles. The van der Waals surface area contributed by atoms with E-state index in [9.17, 15) is 0 Å². The molecule has 2 fully saturated rings. The summed E-state index contributed by atoms with van der Waals surface area (Å²) in [4.78, 5) is 9.66. The Hall–Kier alpha value is -0.850. The predicted octanol–water partition coefficient (Wildman–Crippen LogP) is 1.42. The average Bonchev–Trinajstić information content (AvgIpc) is 3.07. The molecule has 0 radical (unpaired) electrons. The highest BCUT2D eigenvalue weighted by atomic mass is 16.5. The lowest BCUT2D eigenvalue weighted by molar-refractivity contribution is 0.0199. The maximum Gasteiger partial charge on any atom is 0.194 e. The van der Waals surface area contributed by atoms with Crippen molar-refractivity contribution in [3.8, 4) is 0 Å². The molecule has 0 amide bonds. The van der Waals surface area contributed by atoms with Gasteiger partial charge in [-0.25, -0.2) is 0 Å². The fraction of sp³-hybridized carbons (Fsp3) is 0.944. The first-order chi connectivity index (χ1) is 11.7. The summed E-state index contributed by atoms with van der Waals surface area (Å²) >= 11 is 0. The van der Waals surface area contributed by atoms with Gasteiger partial charge in [0.05, 0.1) is 25.9 Å². The molecule has 0 bridgehead atoms. The van der Waals surface area contributed by atoms with Crippen molar-refractivity contribution in [2.24, 2.45) is 10.9 Å². The van der Waals surface area contributed by atoms with Crippen molar-refractivity contribution in [1.29, 1.82) is 0 Å². The summed E-state index contributed by atoms with van der Waals surface area (Å²) in [5.41, 5.74) is 0. The number of rotatable bonds is 8. The zero-order valence-electron chi connectivity index (χ0n) is 15.8. The minimum absolute atomic E-state index is 0.302. The fourth-order valence-electron chi connectivity index (χ4n) is 3.29. The monoisotopic (exact) mass is 340 g/mol. The summed E-state index contributed by atoms with van der Waals surface area (Å²) in [6.45, 7) is 16.1. The smallest absolute Gasteiger partial charge is 0.194 e. The molecule has 6 nitrogen and oxygen atoms in total. The van der Waals surface area contributed by atoms with Crippen molar-refractivity contribution >= 4 is 5.96 Å². The minimum atomic E-state index is 0.302. The lowest BCUT2D eigenvalue weighted by Crippen LogP contribution is -2.53. The Balaban J connectivity index is 1.68. The zero-order valence-corrected chi connectivity index (χ0v) is 15.8. The molecule has 1 unspecified atom stereocenters. The quantitative estimate of drug-likeness (QED) is 0.411. The Morgan fingerprint density at radius 2 is 2.08 bits per heavy atom. The van der Waals surface area contributed by atoms with Crippen molar-refractivity contribution in [1.82, 2.24) is 15.1 Å². The Kier molecular flexibility index (Phi) is 8.84. The maximum atomic E-state index is 5.71. The maximum absolute atomic E-state index is 5.71. The summed E-state index contributed by atoms with van der Waals surface area (Å²) in [5.74, 6) is 1.77. The molecule has 24 heavy (non-hydrogen) atoms. The first-order valence-electron chi connectivity index (χ1n) is 9.64. The number of piperazine rings is 1. The van der Waals surface area contributed by atoms with Crippen LogP contribution in [0.25, 0.3) is 0 Å². The molecule has 2 aliphatic rings. The van der Waals surface area contributed by atoms with Crippen molar-refractivity contribution in [2.75, 3.05) is 65.6 Å². The number of ether oxygens (including phenoxy) is 2. The van der Waals surface area contributed by atoms with Gasteiger partial charge in [-0.05, 0) is 25.7 Å². The number of hydrogen-bond acceptors (Lipinski definition) is 4. The van der Waals surface area contributed by atoms with E-state index >= 15 is 0 Å². The van der Waals surface area contributed by atoms with Crippen LogP contribution in [0.1, 0.15) is 33.6 Å². The Morgan fingerprint density at radius 1 is 1.29 bits per heavy atom. The van der Waals surface area contributed by atoms with Crippen molar-refractivity contribution < 1.29 is 9.47 Å². The van der Waals surface area contributed by atoms with Gasteiger partial charge in [0, 0.05) is 45.9 Å². The van der Waals surface area contributed by atoms with Gasteiger partial charge in [-0.2, -0.15) is 0 Å². The van der Waals surface area contributed by atoms with E-state index in [1.807, 2.05) is 0 Å². The molecule has 0 aromatic rings. The van der Waals surface area contributed by atoms with Gasteiger partial charge >= 0.3 is 0 Å². The van der Waals surface area contributed by atoms with Gasteiger partial charge in [0.25, 0.3) is 0 Å². The van der Waals surface area contributed by atoms with Crippen molar-refractivity contribution in [3.63, 3.8) is 0 Å². The second kappa shape index (κ2) is 10.9. The molecule has 0 aromatic carbocycles.